The topological polar surface area (TPSA) is 70.7 Å². The number of carbonyl (C=O) groups is 1. The summed E-state index contributed by atoms with van der Waals surface area (Å²) in [6.07, 6.45) is 2.42. The van der Waals surface area contributed by atoms with Crippen molar-refractivity contribution >= 4 is 17.5 Å². The van der Waals surface area contributed by atoms with E-state index in [1.807, 2.05) is 12.1 Å². The summed E-state index contributed by atoms with van der Waals surface area (Å²) in [5.41, 5.74) is 0.902. The van der Waals surface area contributed by atoms with Gasteiger partial charge in [0.1, 0.15) is 12.2 Å². The molecule has 0 aliphatic carbocycles. The summed E-state index contributed by atoms with van der Waals surface area (Å²) in [5, 5.41) is 9.93. The maximum absolute atomic E-state index is 11.7. The van der Waals surface area contributed by atoms with Gasteiger partial charge in [-0.25, -0.2) is 4.98 Å². The molecule has 2 rings (SSSR count). The molecule has 94 valence electrons. The molecule has 5 nitrogen and oxygen atoms in total. The minimum absolute atomic E-state index is 0.0308. The van der Waals surface area contributed by atoms with Crippen LogP contribution in [0.5, 0.6) is 0 Å². The van der Waals surface area contributed by atoms with E-state index in [1.165, 1.54) is 6.33 Å². The molecule has 1 amide bonds. The van der Waals surface area contributed by atoms with Crippen molar-refractivity contribution in [1.29, 1.82) is 0 Å². The molecule has 1 heterocycles. The number of H-pyrrole nitrogens is 1. The number of benzene rings is 1. The van der Waals surface area contributed by atoms with Crippen LogP contribution in [-0.2, 0) is 17.6 Å². The molecule has 2 N–H and O–H groups in total. The molecule has 0 spiro atoms. The van der Waals surface area contributed by atoms with Gasteiger partial charge < -0.3 is 5.32 Å². The van der Waals surface area contributed by atoms with Crippen LogP contribution in [0.2, 0.25) is 5.02 Å². The zero-order valence-corrected chi connectivity index (χ0v) is 10.4. The summed E-state index contributed by atoms with van der Waals surface area (Å²) < 4.78 is 0. The zero-order valence-electron chi connectivity index (χ0n) is 9.69. The van der Waals surface area contributed by atoms with Gasteiger partial charge in [0.25, 0.3) is 0 Å². The fourth-order valence-electron chi connectivity index (χ4n) is 1.57. The van der Waals surface area contributed by atoms with E-state index in [1.54, 1.807) is 12.1 Å². The van der Waals surface area contributed by atoms with Crippen molar-refractivity contribution in [3.8, 4) is 0 Å². The number of nitrogens with zero attached hydrogens (tertiary/aromatic N) is 2. The van der Waals surface area contributed by atoms with E-state index in [0.717, 1.165) is 11.4 Å². The highest BCUT2D eigenvalue weighted by Gasteiger charge is 2.04. The van der Waals surface area contributed by atoms with Crippen LogP contribution in [0.4, 0.5) is 0 Å². The first-order chi connectivity index (χ1) is 8.74. The Balaban J connectivity index is 1.75. The van der Waals surface area contributed by atoms with Gasteiger partial charge in [-0.05, 0) is 17.7 Å². The van der Waals surface area contributed by atoms with E-state index in [0.29, 0.717) is 24.4 Å². The molecule has 18 heavy (non-hydrogen) atoms. The van der Waals surface area contributed by atoms with Crippen LogP contribution in [0.25, 0.3) is 0 Å². The summed E-state index contributed by atoms with van der Waals surface area (Å²) in [5.74, 6) is 0.731. The average molecular weight is 265 g/mol. The Morgan fingerprint density at radius 2 is 2.33 bits per heavy atom. The number of hydrogen-bond donors (Lipinski definition) is 2. The van der Waals surface area contributed by atoms with E-state index < -0.39 is 0 Å². The van der Waals surface area contributed by atoms with Crippen molar-refractivity contribution in [3.63, 3.8) is 0 Å². The molecule has 0 saturated heterocycles. The molecule has 0 saturated carbocycles. The fraction of sp³-hybridized carbons (Fsp3) is 0.250. The Morgan fingerprint density at radius 3 is 3.06 bits per heavy atom. The quantitative estimate of drug-likeness (QED) is 0.857. The second-order valence-corrected chi connectivity index (χ2v) is 4.28. The van der Waals surface area contributed by atoms with Crippen LogP contribution in [0, 0.1) is 0 Å². The standard InChI is InChI=1S/C12H13ClN4O/c13-10-3-1-2-9(6-10)7-12(18)14-5-4-11-15-8-16-17-11/h1-3,6,8H,4-5,7H2,(H,14,18)(H,15,16,17). The number of halogens is 1. The van der Waals surface area contributed by atoms with E-state index in [-0.39, 0.29) is 5.91 Å². The second-order valence-electron chi connectivity index (χ2n) is 3.84. The van der Waals surface area contributed by atoms with Crippen LogP contribution >= 0.6 is 11.6 Å². The minimum Gasteiger partial charge on any atom is -0.355 e. The van der Waals surface area contributed by atoms with Crippen LogP contribution < -0.4 is 5.32 Å². The molecule has 0 atom stereocenters. The van der Waals surface area contributed by atoms with Gasteiger partial charge in [0, 0.05) is 18.0 Å². The van der Waals surface area contributed by atoms with Crippen LogP contribution in [-0.4, -0.2) is 27.6 Å². The Hall–Kier alpha value is -1.88. The van der Waals surface area contributed by atoms with E-state index in [9.17, 15) is 4.79 Å². The molecular formula is C12H13ClN4O. The normalized spacial score (nSPS) is 10.3. The third kappa shape index (κ3) is 3.85. The van der Waals surface area contributed by atoms with Crippen LogP contribution in [0.1, 0.15) is 11.4 Å². The van der Waals surface area contributed by atoms with Gasteiger partial charge in [-0.1, -0.05) is 23.7 Å². The molecule has 0 unspecified atom stereocenters. The number of rotatable bonds is 5. The monoisotopic (exact) mass is 264 g/mol. The van der Waals surface area contributed by atoms with Gasteiger partial charge >= 0.3 is 0 Å². The lowest BCUT2D eigenvalue weighted by molar-refractivity contribution is -0.120. The number of aromatic nitrogens is 3. The van der Waals surface area contributed by atoms with Crippen molar-refractivity contribution in [2.45, 2.75) is 12.8 Å². The molecular weight excluding hydrogens is 252 g/mol. The van der Waals surface area contributed by atoms with Crippen molar-refractivity contribution in [2.24, 2.45) is 0 Å². The number of hydrogen-bond acceptors (Lipinski definition) is 3. The van der Waals surface area contributed by atoms with Gasteiger partial charge in [-0.15, -0.1) is 0 Å². The average Bonchev–Trinajstić information content (AvgIpc) is 2.82. The highest BCUT2D eigenvalue weighted by molar-refractivity contribution is 6.30. The Kier molecular flexibility index (Phi) is 4.30. The van der Waals surface area contributed by atoms with Crippen molar-refractivity contribution in [3.05, 3.63) is 47.0 Å². The number of nitrogens with one attached hydrogen (secondary N) is 2. The largest absolute Gasteiger partial charge is 0.355 e. The molecule has 0 aliphatic rings. The van der Waals surface area contributed by atoms with Gasteiger partial charge in [0.2, 0.25) is 5.91 Å². The first-order valence-corrected chi connectivity index (χ1v) is 5.97. The van der Waals surface area contributed by atoms with Gasteiger partial charge in [0.05, 0.1) is 6.42 Å². The SMILES string of the molecule is O=C(Cc1cccc(Cl)c1)NCCc1ncn[nH]1. The fourth-order valence-corrected chi connectivity index (χ4v) is 1.78. The van der Waals surface area contributed by atoms with E-state index >= 15 is 0 Å². The lowest BCUT2D eigenvalue weighted by atomic mass is 10.1. The van der Waals surface area contributed by atoms with Crippen molar-refractivity contribution < 1.29 is 4.79 Å². The molecule has 0 fully saturated rings. The third-order valence-electron chi connectivity index (χ3n) is 2.40. The Morgan fingerprint density at radius 1 is 1.44 bits per heavy atom. The zero-order chi connectivity index (χ0) is 12.8. The lowest BCUT2D eigenvalue weighted by Gasteiger charge is -2.04. The number of aromatic amines is 1. The van der Waals surface area contributed by atoms with Crippen LogP contribution in [0.15, 0.2) is 30.6 Å². The van der Waals surface area contributed by atoms with Crippen molar-refractivity contribution in [2.75, 3.05) is 6.54 Å². The van der Waals surface area contributed by atoms with Gasteiger partial charge in [-0.3, -0.25) is 9.89 Å². The van der Waals surface area contributed by atoms with E-state index in [2.05, 4.69) is 20.5 Å². The predicted octanol–water partition coefficient (Wildman–Crippen LogP) is 1.36. The highest BCUT2D eigenvalue weighted by atomic mass is 35.5. The summed E-state index contributed by atoms with van der Waals surface area (Å²) >= 11 is 5.85. The third-order valence-corrected chi connectivity index (χ3v) is 2.64. The number of amides is 1. The van der Waals surface area contributed by atoms with Crippen LogP contribution in [0.3, 0.4) is 0 Å². The minimum atomic E-state index is -0.0308. The molecule has 1 aromatic heterocycles. The first kappa shape index (κ1) is 12.6. The molecule has 0 aliphatic heterocycles. The Labute approximate surface area is 110 Å². The summed E-state index contributed by atoms with van der Waals surface area (Å²) in [4.78, 5) is 15.6. The summed E-state index contributed by atoms with van der Waals surface area (Å²) in [7, 11) is 0. The maximum Gasteiger partial charge on any atom is 0.224 e. The summed E-state index contributed by atoms with van der Waals surface area (Å²) in [6, 6.07) is 7.28. The number of carbonyl (C=O) groups excluding carboxylic acids is 1. The molecule has 6 heteroatoms. The smallest absolute Gasteiger partial charge is 0.224 e. The molecule has 2 aromatic rings. The van der Waals surface area contributed by atoms with Gasteiger partial charge in [-0.2, -0.15) is 5.10 Å². The van der Waals surface area contributed by atoms with Crippen molar-refractivity contribution in [1.82, 2.24) is 20.5 Å². The van der Waals surface area contributed by atoms with Gasteiger partial charge in [0.15, 0.2) is 0 Å². The molecule has 1 aromatic carbocycles. The first-order valence-electron chi connectivity index (χ1n) is 5.59. The molecule has 0 radical (unpaired) electrons. The maximum atomic E-state index is 11.7. The van der Waals surface area contributed by atoms with E-state index in [4.69, 9.17) is 11.6 Å². The Bertz CT molecular complexity index is 513. The molecule has 0 bridgehead atoms. The second kappa shape index (κ2) is 6.16. The lowest BCUT2D eigenvalue weighted by Crippen LogP contribution is -2.27. The predicted molar refractivity (Wildman–Crippen MR) is 68.3 cm³/mol. The summed E-state index contributed by atoms with van der Waals surface area (Å²) in [6.45, 7) is 0.536. The highest BCUT2D eigenvalue weighted by Crippen LogP contribution is 2.10.